The number of aliphatic hydroxyl groups excluding tert-OH is 1. The van der Waals surface area contributed by atoms with E-state index in [2.05, 4.69) is 0 Å². The van der Waals surface area contributed by atoms with Crippen molar-refractivity contribution in [2.45, 2.75) is 19.0 Å². The Morgan fingerprint density at radius 3 is 2.50 bits per heavy atom. The van der Waals surface area contributed by atoms with Crippen molar-refractivity contribution in [1.82, 2.24) is 0 Å². The number of halogens is 1. The number of hydrogen-bond acceptors (Lipinski definition) is 3. The van der Waals surface area contributed by atoms with E-state index in [-0.39, 0.29) is 31.0 Å². The Kier molecular flexibility index (Phi) is 3.06. The SMILES string of the molecule is O=S1(=O)CCC(F)C(CO)CC1. The molecule has 1 saturated heterocycles. The quantitative estimate of drug-likeness (QED) is 0.649. The van der Waals surface area contributed by atoms with Crippen molar-refractivity contribution >= 4 is 9.84 Å². The normalized spacial score (nSPS) is 35.8. The molecule has 0 bridgehead atoms. The summed E-state index contributed by atoms with van der Waals surface area (Å²) < 4.78 is 35.1. The van der Waals surface area contributed by atoms with Crippen LogP contribution < -0.4 is 0 Å². The van der Waals surface area contributed by atoms with Crippen LogP contribution >= 0.6 is 0 Å². The highest BCUT2D eigenvalue weighted by Crippen LogP contribution is 2.21. The molecule has 1 rings (SSSR count). The molecule has 2 unspecified atom stereocenters. The standard InChI is InChI=1S/C7H13FO3S/c8-7-2-4-12(10,11)3-1-6(7)5-9/h6-7,9H,1-5H2. The van der Waals surface area contributed by atoms with Crippen LogP contribution in [0.4, 0.5) is 4.39 Å². The van der Waals surface area contributed by atoms with Crippen LogP contribution in [0.3, 0.4) is 0 Å². The van der Waals surface area contributed by atoms with Gasteiger partial charge in [-0.3, -0.25) is 0 Å². The lowest BCUT2D eigenvalue weighted by Gasteiger charge is -2.13. The fraction of sp³-hybridized carbons (Fsp3) is 1.00. The van der Waals surface area contributed by atoms with E-state index >= 15 is 0 Å². The number of alkyl halides is 1. The predicted octanol–water partition coefficient (Wildman–Crippen LogP) is 0.142. The molecule has 5 heteroatoms. The average Bonchev–Trinajstić information content (AvgIpc) is 2.13. The summed E-state index contributed by atoms with van der Waals surface area (Å²) in [5, 5.41) is 8.72. The molecule has 1 N–H and O–H groups in total. The van der Waals surface area contributed by atoms with Crippen LogP contribution in [-0.4, -0.2) is 37.8 Å². The third-order valence-corrected chi connectivity index (χ3v) is 3.97. The second-order valence-corrected chi connectivity index (χ2v) is 5.49. The minimum absolute atomic E-state index is 0.0125. The van der Waals surface area contributed by atoms with Gasteiger partial charge in [0.05, 0.1) is 11.5 Å². The van der Waals surface area contributed by atoms with E-state index in [0.29, 0.717) is 0 Å². The first-order chi connectivity index (χ1) is 5.55. The Hall–Kier alpha value is -0.160. The molecular formula is C7H13FO3S. The Morgan fingerprint density at radius 2 is 1.92 bits per heavy atom. The minimum Gasteiger partial charge on any atom is -0.396 e. The molecule has 0 aromatic carbocycles. The van der Waals surface area contributed by atoms with Gasteiger partial charge in [-0.1, -0.05) is 0 Å². The van der Waals surface area contributed by atoms with Crippen molar-refractivity contribution in [3.8, 4) is 0 Å². The lowest BCUT2D eigenvalue weighted by molar-refractivity contribution is 0.136. The highest BCUT2D eigenvalue weighted by molar-refractivity contribution is 7.91. The maximum absolute atomic E-state index is 13.0. The fourth-order valence-electron chi connectivity index (χ4n) is 1.35. The fourth-order valence-corrected chi connectivity index (χ4v) is 2.80. The molecule has 3 nitrogen and oxygen atoms in total. The summed E-state index contributed by atoms with van der Waals surface area (Å²) in [5.41, 5.74) is 0. The van der Waals surface area contributed by atoms with Gasteiger partial charge in [0.25, 0.3) is 0 Å². The second-order valence-electron chi connectivity index (χ2n) is 3.19. The third-order valence-electron chi connectivity index (χ3n) is 2.25. The topological polar surface area (TPSA) is 54.4 Å². The molecule has 0 saturated carbocycles. The van der Waals surface area contributed by atoms with Crippen LogP contribution in [0.25, 0.3) is 0 Å². The van der Waals surface area contributed by atoms with Crippen LogP contribution in [0.2, 0.25) is 0 Å². The molecule has 1 fully saturated rings. The van der Waals surface area contributed by atoms with E-state index < -0.39 is 21.9 Å². The second kappa shape index (κ2) is 3.70. The van der Waals surface area contributed by atoms with E-state index in [1.807, 2.05) is 0 Å². The van der Waals surface area contributed by atoms with Gasteiger partial charge in [-0.05, 0) is 12.8 Å². The smallest absolute Gasteiger partial charge is 0.150 e. The first kappa shape index (κ1) is 9.92. The van der Waals surface area contributed by atoms with Gasteiger partial charge in [-0.2, -0.15) is 0 Å². The van der Waals surface area contributed by atoms with E-state index in [4.69, 9.17) is 5.11 Å². The highest BCUT2D eigenvalue weighted by Gasteiger charge is 2.28. The molecule has 1 aliphatic heterocycles. The molecule has 0 spiro atoms. The number of rotatable bonds is 1. The molecule has 12 heavy (non-hydrogen) atoms. The summed E-state index contributed by atoms with van der Waals surface area (Å²) in [4.78, 5) is 0. The Labute approximate surface area is 71.5 Å². The lowest BCUT2D eigenvalue weighted by Crippen LogP contribution is -2.19. The molecule has 0 aromatic rings. The van der Waals surface area contributed by atoms with Crippen LogP contribution in [0, 0.1) is 5.92 Å². The van der Waals surface area contributed by atoms with Gasteiger partial charge >= 0.3 is 0 Å². The minimum atomic E-state index is -3.05. The molecule has 2 atom stereocenters. The molecular weight excluding hydrogens is 183 g/mol. The number of hydrogen-bond donors (Lipinski definition) is 1. The van der Waals surface area contributed by atoms with Gasteiger partial charge in [0.15, 0.2) is 0 Å². The summed E-state index contributed by atoms with van der Waals surface area (Å²) >= 11 is 0. The number of sulfone groups is 1. The van der Waals surface area contributed by atoms with Gasteiger partial charge in [0, 0.05) is 12.5 Å². The van der Waals surface area contributed by atoms with Crippen LogP contribution in [0.15, 0.2) is 0 Å². The first-order valence-corrected chi connectivity index (χ1v) is 5.82. The van der Waals surface area contributed by atoms with E-state index in [0.717, 1.165) is 0 Å². The van der Waals surface area contributed by atoms with E-state index in [1.165, 1.54) is 0 Å². The van der Waals surface area contributed by atoms with Crippen LogP contribution in [0.5, 0.6) is 0 Å². The van der Waals surface area contributed by atoms with Crippen LogP contribution in [-0.2, 0) is 9.84 Å². The average molecular weight is 196 g/mol. The molecule has 1 aliphatic rings. The lowest BCUT2D eigenvalue weighted by atomic mass is 10.0. The van der Waals surface area contributed by atoms with Gasteiger partial charge in [-0.25, -0.2) is 12.8 Å². The van der Waals surface area contributed by atoms with Crippen molar-refractivity contribution in [2.75, 3.05) is 18.1 Å². The van der Waals surface area contributed by atoms with Crippen molar-refractivity contribution in [1.29, 1.82) is 0 Å². The van der Waals surface area contributed by atoms with Gasteiger partial charge in [0.1, 0.15) is 16.0 Å². The molecule has 0 amide bonds. The molecule has 0 aromatic heterocycles. The summed E-state index contributed by atoms with van der Waals surface area (Å²) in [6.07, 6.45) is -0.875. The van der Waals surface area contributed by atoms with E-state index in [1.54, 1.807) is 0 Å². The van der Waals surface area contributed by atoms with Crippen molar-refractivity contribution in [3.05, 3.63) is 0 Å². The van der Waals surface area contributed by atoms with Crippen molar-refractivity contribution < 1.29 is 17.9 Å². The van der Waals surface area contributed by atoms with Gasteiger partial charge < -0.3 is 5.11 Å². The largest absolute Gasteiger partial charge is 0.396 e. The van der Waals surface area contributed by atoms with Gasteiger partial charge in [0.2, 0.25) is 0 Å². The van der Waals surface area contributed by atoms with Crippen LogP contribution in [0.1, 0.15) is 12.8 Å². The molecule has 1 heterocycles. The Balaban J connectivity index is 2.65. The monoisotopic (exact) mass is 196 g/mol. The Morgan fingerprint density at radius 1 is 1.33 bits per heavy atom. The summed E-state index contributed by atoms with van der Waals surface area (Å²) in [5.74, 6) is -0.550. The zero-order chi connectivity index (χ0) is 9.19. The van der Waals surface area contributed by atoms with E-state index in [9.17, 15) is 12.8 Å². The third kappa shape index (κ3) is 2.42. The zero-order valence-electron chi connectivity index (χ0n) is 6.74. The summed E-state index contributed by atoms with van der Waals surface area (Å²) in [6, 6.07) is 0. The maximum Gasteiger partial charge on any atom is 0.150 e. The van der Waals surface area contributed by atoms with Crippen molar-refractivity contribution in [3.63, 3.8) is 0 Å². The Bertz CT molecular complexity index is 237. The summed E-state index contributed by atoms with van der Waals surface area (Å²) in [6.45, 7) is -0.253. The number of aliphatic hydroxyl groups is 1. The molecule has 72 valence electrons. The molecule has 0 aliphatic carbocycles. The summed E-state index contributed by atoms with van der Waals surface area (Å²) in [7, 11) is -3.05. The zero-order valence-corrected chi connectivity index (χ0v) is 7.56. The highest BCUT2D eigenvalue weighted by atomic mass is 32.2. The predicted molar refractivity (Wildman–Crippen MR) is 43.4 cm³/mol. The van der Waals surface area contributed by atoms with Crippen molar-refractivity contribution in [2.24, 2.45) is 5.92 Å². The molecule has 0 radical (unpaired) electrons. The maximum atomic E-state index is 13.0. The first-order valence-electron chi connectivity index (χ1n) is 4.00. The van der Waals surface area contributed by atoms with Gasteiger partial charge in [-0.15, -0.1) is 0 Å².